The number of nitrogens with zero attached hydrogens (tertiary/aromatic N) is 4. The lowest BCUT2D eigenvalue weighted by molar-refractivity contribution is -0.385. The van der Waals surface area contributed by atoms with Gasteiger partial charge >= 0.3 is 0 Å². The van der Waals surface area contributed by atoms with Crippen LogP contribution in [0.5, 0.6) is 5.88 Å². The second kappa shape index (κ2) is 15.5. The van der Waals surface area contributed by atoms with Gasteiger partial charge in [0.25, 0.3) is 23.0 Å². The van der Waals surface area contributed by atoms with E-state index in [0.29, 0.717) is 52.2 Å². The van der Waals surface area contributed by atoms with Crippen LogP contribution in [-0.4, -0.2) is 55.0 Å². The SMILES string of the molecule is CSC(SC)=C1C(=O)Nc2cc([N+](=O)[O-])ccc21.O=C1Cc2ccc([N+](=O)[O-])cc2N1.O=[N+]([O-])c1ccc2c(C3=NCc4ccccc4N3)c(O)[nH]c2c1. The van der Waals surface area contributed by atoms with E-state index in [2.05, 4.69) is 25.9 Å². The van der Waals surface area contributed by atoms with Gasteiger partial charge in [-0.2, -0.15) is 0 Å². The van der Waals surface area contributed by atoms with Crippen LogP contribution in [0.1, 0.15) is 22.3 Å². The van der Waals surface area contributed by atoms with Crippen molar-refractivity contribution in [3.63, 3.8) is 0 Å². The lowest BCUT2D eigenvalue weighted by Gasteiger charge is -2.18. The van der Waals surface area contributed by atoms with Gasteiger partial charge in [-0.1, -0.05) is 18.2 Å². The van der Waals surface area contributed by atoms with Crippen LogP contribution in [0.15, 0.2) is 88.1 Å². The van der Waals surface area contributed by atoms with E-state index in [1.165, 1.54) is 59.9 Å². The maximum atomic E-state index is 11.9. The minimum atomic E-state index is -0.481. The van der Waals surface area contributed by atoms with Crippen LogP contribution in [-0.2, 0) is 22.6 Å². The van der Waals surface area contributed by atoms with Crippen molar-refractivity contribution in [3.8, 4) is 5.88 Å². The lowest BCUT2D eigenvalue weighted by atomic mass is 10.1. The molecule has 0 atom stereocenters. The molecule has 19 heteroatoms. The first-order chi connectivity index (χ1) is 25.9. The number of hydrogen-bond acceptors (Lipinski definition) is 13. The normalized spacial score (nSPS) is 13.4. The van der Waals surface area contributed by atoms with Crippen LogP contribution in [0.25, 0.3) is 16.5 Å². The van der Waals surface area contributed by atoms with Crippen LogP contribution < -0.4 is 16.0 Å². The largest absolute Gasteiger partial charge is 0.494 e. The van der Waals surface area contributed by atoms with Gasteiger partial charge in [0.05, 0.1) is 60.0 Å². The molecule has 5 N–H and O–H groups in total. The van der Waals surface area contributed by atoms with Gasteiger partial charge in [0, 0.05) is 53.0 Å². The van der Waals surface area contributed by atoms with Crippen molar-refractivity contribution in [3.05, 3.63) is 136 Å². The van der Waals surface area contributed by atoms with E-state index in [1.807, 2.05) is 36.8 Å². The molecule has 0 unspecified atom stereocenters. The summed E-state index contributed by atoms with van der Waals surface area (Å²) >= 11 is 2.99. The molecule has 5 aromatic rings. The number of thioether (sulfide) groups is 2. The first-order valence-electron chi connectivity index (χ1n) is 15.8. The number of carbonyl (C=O) groups is 2. The zero-order valence-corrected chi connectivity index (χ0v) is 29.9. The number of fused-ring (bicyclic) bond motifs is 4. The highest BCUT2D eigenvalue weighted by Gasteiger charge is 2.29. The summed E-state index contributed by atoms with van der Waals surface area (Å²) in [5, 5.41) is 51.2. The van der Waals surface area contributed by atoms with Gasteiger partial charge in [0.2, 0.25) is 11.8 Å². The van der Waals surface area contributed by atoms with Gasteiger partial charge in [-0.25, -0.2) is 0 Å². The van der Waals surface area contributed by atoms with E-state index in [4.69, 9.17) is 0 Å². The minimum absolute atomic E-state index is 0.000880. The topological polar surface area (TPSA) is 248 Å². The molecular formula is C35H28N8O9S2. The van der Waals surface area contributed by atoms with Gasteiger partial charge in [-0.3, -0.25) is 44.9 Å². The minimum Gasteiger partial charge on any atom is -0.494 e. The number of amides is 2. The monoisotopic (exact) mass is 768 g/mol. The lowest BCUT2D eigenvalue weighted by Crippen LogP contribution is -2.18. The number of H-pyrrole nitrogens is 1. The fourth-order valence-electron chi connectivity index (χ4n) is 5.86. The standard InChI is InChI=1S/C16H12N4O3.C11H10N2O3S2.C8H6N2O3/c21-16-14(11-6-5-10(20(22)23)7-13(11)19-16)15-17-8-9-3-1-2-4-12(9)18-15;1-17-11(18-2)9-7-4-3-6(13(15)16)5-8(7)12-10(9)14;11-8-3-5-1-2-6(10(12)13)4-7(5)9-8/h1-7,19,21H,8H2,(H,17,18);3-5H,1-2H3,(H,12,14);1-2,4H,3H2,(H,9,11). The number of aromatic amines is 1. The number of aliphatic imine (C=N–C) groups is 1. The predicted octanol–water partition coefficient (Wildman–Crippen LogP) is 7.18. The highest BCUT2D eigenvalue weighted by molar-refractivity contribution is 8.22. The van der Waals surface area contributed by atoms with Gasteiger partial charge < -0.3 is 26.0 Å². The molecular weight excluding hydrogens is 741 g/mol. The van der Waals surface area contributed by atoms with Crippen LogP contribution in [0.3, 0.4) is 0 Å². The maximum absolute atomic E-state index is 11.9. The zero-order valence-electron chi connectivity index (χ0n) is 28.2. The number of para-hydroxylation sites is 1. The Bertz CT molecular complexity index is 2460. The second-order valence-electron chi connectivity index (χ2n) is 11.6. The number of nitro groups is 3. The molecule has 8 rings (SSSR count). The van der Waals surface area contributed by atoms with Crippen molar-refractivity contribution < 1.29 is 29.5 Å². The number of nitrogens with one attached hydrogen (secondary N) is 4. The molecule has 274 valence electrons. The fraction of sp³-hybridized carbons (Fsp3) is 0.114. The average molecular weight is 769 g/mol. The van der Waals surface area contributed by atoms with E-state index >= 15 is 0 Å². The van der Waals surface area contributed by atoms with Crippen LogP contribution in [0.2, 0.25) is 0 Å². The Morgan fingerprint density at radius 3 is 2.06 bits per heavy atom. The molecule has 4 aromatic carbocycles. The summed E-state index contributed by atoms with van der Waals surface area (Å²) in [6, 6.07) is 21.0. The van der Waals surface area contributed by atoms with Crippen LogP contribution in [0, 0.1) is 30.3 Å². The van der Waals surface area contributed by atoms with Crippen molar-refractivity contribution in [2.24, 2.45) is 4.99 Å². The summed E-state index contributed by atoms with van der Waals surface area (Å²) in [6.45, 7) is 0.512. The number of hydrogen-bond donors (Lipinski definition) is 5. The van der Waals surface area contributed by atoms with Crippen molar-refractivity contribution in [1.82, 2.24) is 4.98 Å². The molecule has 3 aliphatic rings. The van der Waals surface area contributed by atoms with E-state index in [1.54, 1.807) is 18.2 Å². The van der Waals surface area contributed by atoms with Gasteiger partial charge in [-0.05, 0) is 47.9 Å². The van der Waals surface area contributed by atoms with Gasteiger partial charge in [-0.15, -0.1) is 23.5 Å². The van der Waals surface area contributed by atoms with Gasteiger partial charge in [0.15, 0.2) is 0 Å². The third kappa shape index (κ3) is 7.57. The highest BCUT2D eigenvalue weighted by Crippen LogP contribution is 2.41. The molecule has 3 aliphatic heterocycles. The molecule has 0 bridgehead atoms. The van der Waals surface area contributed by atoms with Gasteiger partial charge in [0.1, 0.15) is 5.84 Å². The molecule has 54 heavy (non-hydrogen) atoms. The molecule has 0 spiro atoms. The number of non-ortho nitro benzene ring substituents is 3. The first kappa shape index (κ1) is 37.0. The number of benzene rings is 4. The van der Waals surface area contributed by atoms with Crippen molar-refractivity contribution >= 4 is 91.8 Å². The summed E-state index contributed by atoms with van der Waals surface area (Å²) in [6.07, 6.45) is 4.11. The number of anilines is 3. The summed E-state index contributed by atoms with van der Waals surface area (Å²) in [5.74, 6) is 0.159. The quantitative estimate of drug-likeness (QED) is 0.0654. The second-order valence-corrected chi connectivity index (χ2v) is 13.5. The highest BCUT2D eigenvalue weighted by atomic mass is 32.2. The van der Waals surface area contributed by atoms with Crippen LogP contribution >= 0.6 is 23.5 Å². The molecule has 0 radical (unpaired) electrons. The maximum Gasteiger partial charge on any atom is 0.271 e. The third-order valence-electron chi connectivity index (χ3n) is 8.35. The smallest absolute Gasteiger partial charge is 0.271 e. The molecule has 0 saturated heterocycles. The van der Waals surface area contributed by atoms with E-state index < -0.39 is 14.8 Å². The first-order valence-corrected chi connectivity index (χ1v) is 18.2. The Kier molecular flexibility index (Phi) is 10.6. The number of carbonyl (C=O) groups excluding carboxylic acids is 2. The molecule has 17 nitrogen and oxygen atoms in total. The van der Waals surface area contributed by atoms with E-state index in [9.17, 15) is 45.0 Å². The Morgan fingerprint density at radius 2 is 1.37 bits per heavy atom. The Morgan fingerprint density at radius 1 is 0.741 bits per heavy atom. The molecule has 0 saturated carbocycles. The Hall–Kier alpha value is -6.73. The Labute approximate surface area is 313 Å². The average Bonchev–Trinajstić information content (AvgIpc) is 3.81. The van der Waals surface area contributed by atoms with Crippen LogP contribution in [0.4, 0.5) is 34.1 Å². The molecule has 4 heterocycles. The zero-order chi connectivity index (χ0) is 38.7. The molecule has 0 aliphatic carbocycles. The molecule has 0 fully saturated rings. The molecule has 1 aromatic heterocycles. The third-order valence-corrected chi connectivity index (χ3v) is 10.5. The summed E-state index contributed by atoms with van der Waals surface area (Å²) in [5.41, 5.74) is 6.17. The number of amidine groups is 1. The number of aromatic hydroxyl groups is 1. The molecule has 2 amide bonds. The fourth-order valence-corrected chi connectivity index (χ4v) is 7.34. The summed E-state index contributed by atoms with van der Waals surface area (Å²) < 4.78 is 0.903. The Balaban J connectivity index is 0.000000144. The van der Waals surface area contributed by atoms with Crippen molar-refractivity contribution in [1.29, 1.82) is 0 Å². The van der Waals surface area contributed by atoms with E-state index in [0.717, 1.165) is 26.6 Å². The number of rotatable bonds is 6. The van der Waals surface area contributed by atoms with Crippen molar-refractivity contribution in [2.45, 2.75) is 13.0 Å². The summed E-state index contributed by atoms with van der Waals surface area (Å²) in [4.78, 5) is 60.6. The number of aromatic nitrogens is 1. The predicted molar refractivity (Wildman–Crippen MR) is 208 cm³/mol. The van der Waals surface area contributed by atoms with E-state index in [-0.39, 0.29) is 34.8 Å². The number of nitro benzene ring substituents is 3. The summed E-state index contributed by atoms with van der Waals surface area (Å²) in [7, 11) is 0. The van der Waals surface area contributed by atoms with Crippen molar-refractivity contribution in [2.75, 3.05) is 28.5 Å².